The van der Waals surface area contributed by atoms with Gasteiger partial charge in [0.05, 0.1) is 13.2 Å². The van der Waals surface area contributed by atoms with Crippen molar-refractivity contribution in [1.82, 2.24) is 4.90 Å². The van der Waals surface area contributed by atoms with E-state index in [-0.39, 0.29) is 0 Å². The Hall–Kier alpha value is -0.120. The molecule has 0 amide bonds. The van der Waals surface area contributed by atoms with Gasteiger partial charge in [-0.15, -0.1) is 0 Å². The van der Waals surface area contributed by atoms with E-state index in [1.165, 1.54) is 0 Å². The maximum Gasteiger partial charge on any atom is 0.175 e. The summed E-state index contributed by atoms with van der Waals surface area (Å²) in [5.41, 5.74) is 0. The first kappa shape index (κ1) is 11.9. The highest BCUT2D eigenvalue weighted by Gasteiger charge is 2.20. The molecule has 3 nitrogen and oxygen atoms in total. The molecule has 0 saturated heterocycles. The Bertz CT molecular complexity index is 113. The van der Waals surface area contributed by atoms with Crippen LogP contribution in [0.5, 0.6) is 0 Å². The van der Waals surface area contributed by atoms with Crippen molar-refractivity contribution in [2.24, 2.45) is 0 Å². The molecule has 0 radical (unpaired) electrons. The molecule has 0 spiro atoms. The number of hydrogen-bond donors (Lipinski definition) is 1. The van der Waals surface area contributed by atoms with Crippen LogP contribution in [0.4, 0.5) is 0 Å². The molecule has 1 unspecified atom stereocenters. The average Bonchev–Trinajstić information content (AvgIpc) is 1.84. The summed E-state index contributed by atoms with van der Waals surface area (Å²) >= 11 is 0. The van der Waals surface area contributed by atoms with E-state index in [1.807, 2.05) is 19.0 Å². The summed E-state index contributed by atoms with van der Waals surface area (Å²) < 4.78 is 5.29. The Morgan fingerprint density at radius 1 is 1.42 bits per heavy atom. The highest BCUT2D eigenvalue weighted by Crippen LogP contribution is 2.07. The van der Waals surface area contributed by atoms with Crippen molar-refractivity contribution in [2.45, 2.75) is 32.5 Å². The minimum Gasteiger partial charge on any atom is -0.365 e. The van der Waals surface area contributed by atoms with Crippen molar-refractivity contribution < 1.29 is 9.84 Å². The molecular formula is C9H21NO2. The fourth-order valence-electron chi connectivity index (χ4n) is 1.07. The van der Waals surface area contributed by atoms with Gasteiger partial charge in [0, 0.05) is 0 Å². The van der Waals surface area contributed by atoms with Crippen LogP contribution in [0.15, 0.2) is 0 Å². The Balaban J connectivity index is 3.56. The van der Waals surface area contributed by atoms with Crippen LogP contribution >= 0.6 is 0 Å². The number of hydrogen-bond acceptors (Lipinski definition) is 3. The third-order valence-electron chi connectivity index (χ3n) is 1.52. The van der Waals surface area contributed by atoms with Crippen LogP contribution in [0.25, 0.3) is 0 Å². The fraction of sp³-hybridized carbons (Fsp3) is 1.00. The van der Waals surface area contributed by atoms with Gasteiger partial charge < -0.3 is 14.7 Å². The van der Waals surface area contributed by atoms with Gasteiger partial charge in [-0.25, -0.2) is 0 Å². The zero-order valence-corrected chi connectivity index (χ0v) is 8.63. The topological polar surface area (TPSA) is 32.7 Å². The van der Waals surface area contributed by atoms with Crippen LogP contribution in [0.2, 0.25) is 0 Å². The van der Waals surface area contributed by atoms with E-state index >= 15 is 0 Å². The van der Waals surface area contributed by atoms with Crippen molar-refractivity contribution in [3.05, 3.63) is 0 Å². The monoisotopic (exact) mass is 175 g/mol. The summed E-state index contributed by atoms with van der Waals surface area (Å²) in [7, 11) is 3.83. The van der Waals surface area contributed by atoms with Crippen LogP contribution in [-0.2, 0) is 4.74 Å². The van der Waals surface area contributed by atoms with Gasteiger partial charge in [0.1, 0.15) is 0 Å². The Labute approximate surface area is 75.3 Å². The number of ether oxygens (including phenoxy) is 1. The van der Waals surface area contributed by atoms with Crippen molar-refractivity contribution in [1.29, 1.82) is 0 Å². The highest BCUT2D eigenvalue weighted by atomic mass is 16.6. The van der Waals surface area contributed by atoms with Gasteiger partial charge in [-0.05, 0) is 27.4 Å². The molecule has 1 N–H and O–H groups in total. The molecule has 3 heteroatoms. The fourth-order valence-corrected chi connectivity index (χ4v) is 1.07. The molecule has 0 aromatic rings. The second-order valence-electron chi connectivity index (χ2n) is 3.61. The average molecular weight is 175 g/mol. The molecule has 0 aromatic heterocycles. The number of rotatable bonds is 6. The summed E-state index contributed by atoms with van der Waals surface area (Å²) in [5.74, 6) is -1.00. The molecule has 0 saturated carbocycles. The van der Waals surface area contributed by atoms with Crippen LogP contribution in [0, 0.1) is 0 Å². The number of likely N-dealkylation sites (N-methyl/N-ethyl adjacent to an activating group) is 1. The van der Waals surface area contributed by atoms with Gasteiger partial charge in [0.15, 0.2) is 5.79 Å². The maximum atomic E-state index is 9.65. The van der Waals surface area contributed by atoms with E-state index in [9.17, 15) is 5.11 Å². The van der Waals surface area contributed by atoms with Crippen molar-refractivity contribution >= 4 is 0 Å². The molecule has 0 bridgehead atoms. The quantitative estimate of drug-likeness (QED) is 0.484. The zero-order valence-electron chi connectivity index (χ0n) is 8.63. The largest absolute Gasteiger partial charge is 0.365 e. The molecule has 0 aliphatic heterocycles. The normalized spacial score (nSPS) is 16.5. The Morgan fingerprint density at radius 3 is 2.42 bits per heavy atom. The lowest BCUT2D eigenvalue weighted by atomic mass is 10.3. The lowest BCUT2D eigenvalue weighted by Crippen LogP contribution is -2.39. The maximum absolute atomic E-state index is 9.65. The standard InChI is InChI=1S/C9H21NO2/c1-5-6-7-12-9(2,11)8-10(3)4/h11H,5-8H2,1-4H3. The van der Waals surface area contributed by atoms with E-state index in [0.29, 0.717) is 13.2 Å². The van der Waals surface area contributed by atoms with Gasteiger partial charge in [-0.3, -0.25) is 0 Å². The summed E-state index contributed by atoms with van der Waals surface area (Å²) in [6.45, 7) is 4.97. The molecule has 0 fully saturated rings. The first-order chi connectivity index (χ1) is 5.48. The summed E-state index contributed by atoms with van der Waals surface area (Å²) in [6, 6.07) is 0. The third-order valence-corrected chi connectivity index (χ3v) is 1.52. The number of unbranched alkanes of at least 4 members (excludes halogenated alkanes) is 1. The van der Waals surface area contributed by atoms with Crippen LogP contribution in [-0.4, -0.2) is 43.0 Å². The highest BCUT2D eigenvalue weighted by molar-refractivity contribution is 4.62. The lowest BCUT2D eigenvalue weighted by Gasteiger charge is -2.26. The second kappa shape index (κ2) is 5.51. The van der Waals surface area contributed by atoms with E-state index < -0.39 is 5.79 Å². The summed E-state index contributed by atoms with van der Waals surface area (Å²) in [4.78, 5) is 1.91. The van der Waals surface area contributed by atoms with Gasteiger partial charge >= 0.3 is 0 Å². The lowest BCUT2D eigenvalue weighted by molar-refractivity contribution is -0.197. The number of nitrogens with zero attached hydrogens (tertiary/aromatic N) is 1. The molecule has 1 atom stereocenters. The third kappa shape index (κ3) is 6.58. The Kier molecular flexibility index (Phi) is 5.46. The molecule has 0 aliphatic carbocycles. The zero-order chi connectivity index (χ0) is 9.61. The molecule has 74 valence electrons. The molecular weight excluding hydrogens is 154 g/mol. The molecule has 0 aliphatic rings. The SMILES string of the molecule is CCCCOC(C)(O)CN(C)C. The first-order valence-corrected chi connectivity index (χ1v) is 4.49. The molecule has 0 rings (SSSR count). The summed E-state index contributed by atoms with van der Waals surface area (Å²) in [5, 5.41) is 9.65. The molecule has 0 aromatic carbocycles. The van der Waals surface area contributed by atoms with Crippen molar-refractivity contribution in [3.63, 3.8) is 0 Å². The van der Waals surface area contributed by atoms with Crippen LogP contribution in [0.1, 0.15) is 26.7 Å². The first-order valence-electron chi connectivity index (χ1n) is 4.49. The Morgan fingerprint density at radius 2 is 2.00 bits per heavy atom. The smallest absolute Gasteiger partial charge is 0.175 e. The molecule has 12 heavy (non-hydrogen) atoms. The van der Waals surface area contributed by atoms with E-state index in [2.05, 4.69) is 6.92 Å². The van der Waals surface area contributed by atoms with Crippen LogP contribution < -0.4 is 0 Å². The van der Waals surface area contributed by atoms with Crippen molar-refractivity contribution in [2.75, 3.05) is 27.2 Å². The van der Waals surface area contributed by atoms with Gasteiger partial charge in [0.2, 0.25) is 0 Å². The molecule has 0 heterocycles. The minimum absolute atomic E-state index is 0.538. The van der Waals surface area contributed by atoms with Gasteiger partial charge in [-0.1, -0.05) is 13.3 Å². The summed E-state index contributed by atoms with van der Waals surface area (Å²) in [6.07, 6.45) is 2.10. The van der Waals surface area contributed by atoms with Gasteiger partial charge in [0.25, 0.3) is 0 Å². The minimum atomic E-state index is -1.00. The predicted molar refractivity (Wildman–Crippen MR) is 50.0 cm³/mol. The van der Waals surface area contributed by atoms with Gasteiger partial charge in [-0.2, -0.15) is 0 Å². The predicted octanol–water partition coefficient (Wildman–Crippen LogP) is 1.07. The van der Waals surface area contributed by atoms with E-state index in [0.717, 1.165) is 12.8 Å². The number of aliphatic hydroxyl groups is 1. The van der Waals surface area contributed by atoms with E-state index in [1.54, 1.807) is 6.92 Å². The van der Waals surface area contributed by atoms with Crippen molar-refractivity contribution in [3.8, 4) is 0 Å². The van der Waals surface area contributed by atoms with Crippen LogP contribution in [0.3, 0.4) is 0 Å². The van der Waals surface area contributed by atoms with E-state index in [4.69, 9.17) is 4.74 Å². The second-order valence-corrected chi connectivity index (χ2v) is 3.61.